The monoisotopic (exact) mass is 309 g/mol. The zero-order valence-corrected chi connectivity index (χ0v) is 13.2. The first-order valence-corrected chi connectivity index (χ1v) is 8.08. The van der Waals surface area contributed by atoms with Gasteiger partial charge in [0.15, 0.2) is 0 Å². The van der Waals surface area contributed by atoms with E-state index in [-0.39, 0.29) is 11.8 Å². The minimum atomic E-state index is -0.161. The van der Waals surface area contributed by atoms with Gasteiger partial charge >= 0.3 is 0 Å². The van der Waals surface area contributed by atoms with Crippen LogP contribution >= 0.6 is 0 Å². The van der Waals surface area contributed by atoms with Crippen molar-refractivity contribution in [3.8, 4) is 5.88 Å². The van der Waals surface area contributed by atoms with Gasteiger partial charge in [0.2, 0.25) is 11.8 Å². The van der Waals surface area contributed by atoms with E-state index in [0.717, 1.165) is 36.2 Å². The maximum Gasteiger partial charge on any atom is 0.238 e. The van der Waals surface area contributed by atoms with Crippen LogP contribution in [0.2, 0.25) is 0 Å². The summed E-state index contributed by atoms with van der Waals surface area (Å²) < 4.78 is 5.60. The Morgan fingerprint density at radius 1 is 1.39 bits per heavy atom. The van der Waals surface area contributed by atoms with Crippen molar-refractivity contribution in [2.45, 2.75) is 32.1 Å². The molecule has 0 N–H and O–H groups in total. The van der Waals surface area contributed by atoms with E-state index in [4.69, 9.17) is 4.74 Å². The first-order chi connectivity index (χ1) is 11.2. The normalized spacial score (nSPS) is 19.5. The Morgan fingerprint density at radius 2 is 2.30 bits per heavy atom. The lowest BCUT2D eigenvalue weighted by Crippen LogP contribution is -2.42. The van der Waals surface area contributed by atoms with Crippen molar-refractivity contribution in [2.24, 2.45) is 0 Å². The number of amides is 1. The predicted molar refractivity (Wildman–Crippen MR) is 86.7 cm³/mol. The van der Waals surface area contributed by atoms with Crippen LogP contribution in [0, 0.1) is 6.92 Å². The van der Waals surface area contributed by atoms with Crippen LogP contribution in [0.5, 0.6) is 5.88 Å². The van der Waals surface area contributed by atoms with E-state index in [1.165, 1.54) is 5.56 Å². The van der Waals surface area contributed by atoms with Crippen LogP contribution < -0.4 is 9.64 Å². The van der Waals surface area contributed by atoms with Gasteiger partial charge in [-0.15, -0.1) is 0 Å². The Labute approximate surface area is 135 Å². The van der Waals surface area contributed by atoms with E-state index >= 15 is 0 Å². The number of rotatable bonds is 1. The van der Waals surface area contributed by atoms with Crippen molar-refractivity contribution in [1.82, 2.24) is 9.97 Å². The molecule has 0 saturated heterocycles. The van der Waals surface area contributed by atoms with Crippen LogP contribution in [0.25, 0.3) is 0 Å². The molecule has 1 atom stereocenters. The van der Waals surface area contributed by atoms with E-state index in [9.17, 15) is 4.79 Å². The van der Waals surface area contributed by atoms with Gasteiger partial charge in [0.05, 0.1) is 18.2 Å². The third-order valence-corrected chi connectivity index (χ3v) is 4.57. The second-order valence-electron chi connectivity index (χ2n) is 6.17. The highest BCUT2D eigenvalue weighted by molar-refractivity contribution is 5.99. The number of nitrogens with zero attached hydrogens (tertiary/aromatic N) is 3. The second kappa shape index (κ2) is 5.65. The summed E-state index contributed by atoms with van der Waals surface area (Å²) in [6.45, 7) is 3.02. The number of aryl methyl sites for hydroxylation is 2. The molecule has 2 aromatic rings. The van der Waals surface area contributed by atoms with E-state index in [1.54, 1.807) is 12.4 Å². The average molecular weight is 309 g/mol. The Balaban J connectivity index is 1.71. The van der Waals surface area contributed by atoms with Crippen LogP contribution in [0.15, 0.2) is 30.6 Å². The van der Waals surface area contributed by atoms with Gasteiger partial charge < -0.3 is 9.64 Å². The van der Waals surface area contributed by atoms with E-state index in [2.05, 4.69) is 16.0 Å². The van der Waals surface area contributed by atoms with Crippen LogP contribution in [-0.2, 0) is 11.2 Å². The van der Waals surface area contributed by atoms with Crippen molar-refractivity contribution in [3.05, 3.63) is 47.4 Å². The van der Waals surface area contributed by atoms with Gasteiger partial charge in [-0.2, -0.15) is 0 Å². The molecular weight excluding hydrogens is 290 g/mol. The van der Waals surface area contributed by atoms with E-state index < -0.39 is 0 Å². The smallest absolute Gasteiger partial charge is 0.238 e. The average Bonchev–Trinajstić information content (AvgIpc) is 2.60. The predicted octanol–water partition coefficient (Wildman–Crippen LogP) is 2.63. The van der Waals surface area contributed by atoms with Gasteiger partial charge in [-0.1, -0.05) is 6.07 Å². The van der Waals surface area contributed by atoms with Crippen LogP contribution in [0.3, 0.4) is 0 Å². The summed E-state index contributed by atoms with van der Waals surface area (Å²) in [7, 11) is 0. The lowest BCUT2D eigenvalue weighted by Gasteiger charge is -2.33. The maximum atomic E-state index is 13.2. The summed E-state index contributed by atoms with van der Waals surface area (Å²) in [6, 6.07) is 6.01. The molecule has 2 aromatic heterocycles. The number of pyridine rings is 2. The van der Waals surface area contributed by atoms with Crippen molar-refractivity contribution in [2.75, 3.05) is 18.1 Å². The number of hydrogen-bond acceptors (Lipinski definition) is 4. The Morgan fingerprint density at radius 3 is 3.22 bits per heavy atom. The molecular formula is C18H19N3O2. The number of carbonyl (C=O) groups excluding carboxylic acids is 1. The standard InChI is InChI=1S/C18H19N3O2/c1-12-10-15-17(20-11-12)23-9-8-21(15)18(22)14-6-2-4-13-5-3-7-19-16(13)14/h3,5,7,10-11,14H,2,4,6,8-9H2,1H3/t14-/m0/s1. The molecule has 2 aliphatic rings. The zero-order valence-electron chi connectivity index (χ0n) is 13.2. The lowest BCUT2D eigenvalue weighted by atomic mass is 9.85. The number of hydrogen-bond donors (Lipinski definition) is 0. The van der Waals surface area contributed by atoms with Gasteiger partial charge in [-0.05, 0) is 49.4 Å². The van der Waals surface area contributed by atoms with Gasteiger partial charge in [-0.25, -0.2) is 4.98 Å². The fourth-order valence-electron chi connectivity index (χ4n) is 3.47. The summed E-state index contributed by atoms with van der Waals surface area (Å²) in [5.41, 5.74) is 3.95. The molecule has 23 heavy (non-hydrogen) atoms. The topological polar surface area (TPSA) is 55.3 Å². The van der Waals surface area contributed by atoms with Crippen molar-refractivity contribution in [1.29, 1.82) is 0 Å². The molecule has 0 unspecified atom stereocenters. The molecule has 5 nitrogen and oxygen atoms in total. The highest BCUT2D eigenvalue weighted by Crippen LogP contribution is 2.36. The van der Waals surface area contributed by atoms with Crippen molar-refractivity contribution >= 4 is 11.6 Å². The molecule has 1 aliphatic heterocycles. The molecule has 1 amide bonds. The summed E-state index contributed by atoms with van der Waals surface area (Å²) in [6.07, 6.45) is 6.44. The Hall–Kier alpha value is -2.43. The molecule has 0 fully saturated rings. The number of fused-ring (bicyclic) bond motifs is 2. The summed E-state index contributed by atoms with van der Waals surface area (Å²) in [4.78, 5) is 23.8. The molecule has 0 radical (unpaired) electrons. The SMILES string of the molecule is Cc1cnc2c(c1)N(C(=O)[C@H]1CCCc3cccnc31)CCO2. The number of aromatic nitrogens is 2. The summed E-state index contributed by atoms with van der Waals surface area (Å²) in [5, 5.41) is 0. The van der Waals surface area contributed by atoms with Crippen LogP contribution in [-0.4, -0.2) is 29.0 Å². The quantitative estimate of drug-likeness (QED) is 0.812. The summed E-state index contributed by atoms with van der Waals surface area (Å²) >= 11 is 0. The molecule has 3 heterocycles. The first-order valence-electron chi connectivity index (χ1n) is 8.08. The molecule has 0 spiro atoms. The molecule has 0 saturated carbocycles. The molecule has 0 aromatic carbocycles. The maximum absolute atomic E-state index is 13.2. The minimum Gasteiger partial charge on any atom is -0.474 e. The Bertz CT molecular complexity index is 760. The van der Waals surface area contributed by atoms with E-state index in [0.29, 0.717) is 19.0 Å². The number of anilines is 1. The van der Waals surface area contributed by atoms with Gasteiger partial charge in [0, 0.05) is 12.4 Å². The minimum absolute atomic E-state index is 0.113. The Kier molecular flexibility index (Phi) is 3.48. The molecule has 118 valence electrons. The second-order valence-corrected chi connectivity index (χ2v) is 6.17. The molecule has 5 heteroatoms. The number of carbonyl (C=O) groups is 1. The zero-order chi connectivity index (χ0) is 15.8. The van der Waals surface area contributed by atoms with Gasteiger partial charge in [-0.3, -0.25) is 9.78 Å². The molecule has 0 bridgehead atoms. The van der Waals surface area contributed by atoms with Gasteiger partial charge in [0.25, 0.3) is 0 Å². The van der Waals surface area contributed by atoms with Gasteiger partial charge in [0.1, 0.15) is 12.3 Å². The van der Waals surface area contributed by atoms with E-state index in [1.807, 2.05) is 24.0 Å². The largest absolute Gasteiger partial charge is 0.474 e. The first kappa shape index (κ1) is 14.2. The highest BCUT2D eigenvalue weighted by atomic mass is 16.5. The fraction of sp³-hybridized carbons (Fsp3) is 0.389. The molecule has 4 rings (SSSR count). The van der Waals surface area contributed by atoms with Crippen LogP contribution in [0.1, 0.15) is 35.6 Å². The highest BCUT2D eigenvalue weighted by Gasteiger charge is 2.34. The summed E-state index contributed by atoms with van der Waals surface area (Å²) in [5.74, 6) is 0.500. The lowest BCUT2D eigenvalue weighted by molar-refractivity contribution is -0.120. The van der Waals surface area contributed by atoms with Crippen LogP contribution in [0.4, 0.5) is 5.69 Å². The number of ether oxygens (including phenoxy) is 1. The van der Waals surface area contributed by atoms with Crippen molar-refractivity contribution in [3.63, 3.8) is 0 Å². The fourth-order valence-corrected chi connectivity index (χ4v) is 3.47. The molecule has 1 aliphatic carbocycles. The third kappa shape index (κ3) is 2.46. The van der Waals surface area contributed by atoms with Crippen molar-refractivity contribution < 1.29 is 9.53 Å². The third-order valence-electron chi connectivity index (χ3n) is 4.57.